The summed E-state index contributed by atoms with van der Waals surface area (Å²) in [7, 11) is 0. The molecule has 20 heavy (non-hydrogen) atoms. The molecule has 5 nitrogen and oxygen atoms in total. The average Bonchev–Trinajstić information content (AvgIpc) is 2.44. The molecule has 1 aromatic rings. The fourth-order valence-electron chi connectivity index (χ4n) is 1.94. The van der Waals surface area contributed by atoms with Crippen molar-refractivity contribution in [2.75, 3.05) is 13.2 Å². The van der Waals surface area contributed by atoms with Crippen LogP contribution in [-0.2, 0) is 22.5 Å². The molecule has 2 heterocycles. The summed E-state index contributed by atoms with van der Waals surface area (Å²) in [5, 5.41) is 0. The summed E-state index contributed by atoms with van der Waals surface area (Å²) in [4.78, 5) is 27.5. The number of halogens is 1. The molecule has 0 aromatic carbocycles. The van der Waals surface area contributed by atoms with Crippen molar-refractivity contribution in [2.45, 2.75) is 19.9 Å². The highest BCUT2D eigenvalue weighted by molar-refractivity contribution is 9.07. The third-order valence-corrected chi connectivity index (χ3v) is 3.52. The maximum absolute atomic E-state index is 11.9. The number of fused-ring (bicyclic) bond motifs is 1. The van der Waals surface area contributed by atoms with Gasteiger partial charge in [-0.25, -0.2) is 13.7 Å². The minimum absolute atomic E-state index is 0.289. The van der Waals surface area contributed by atoms with Crippen LogP contribution < -0.4 is 0 Å². The fraction of sp³-hybridized carbons (Fsp3) is 0.357. The number of carbonyl (C=O) groups is 2. The molecule has 0 saturated carbocycles. The van der Waals surface area contributed by atoms with Crippen LogP contribution in [0.4, 0.5) is 0 Å². The summed E-state index contributed by atoms with van der Waals surface area (Å²) in [6, 6.07) is 3.59. The van der Waals surface area contributed by atoms with Crippen molar-refractivity contribution in [1.82, 2.24) is 8.91 Å². The summed E-state index contributed by atoms with van der Waals surface area (Å²) in [6.45, 7) is 3.63. The molecule has 0 aliphatic carbocycles. The van der Waals surface area contributed by atoms with Gasteiger partial charge in [0.25, 0.3) is 0 Å². The molecule has 0 radical (unpaired) electrons. The van der Waals surface area contributed by atoms with E-state index in [0.717, 1.165) is 36.8 Å². The maximum atomic E-state index is 11.9. The highest BCUT2D eigenvalue weighted by Crippen LogP contribution is 2.20. The SMILES string of the molecule is CCOC(=O)/C=C/C(=O)c1ccc2c(n1)CCN(Br)C2. The Hall–Kier alpha value is -1.53. The van der Waals surface area contributed by atoms with Crippen LogP contribution in [0.2, 0.25) is 0 Å². The van der Waals surface area contributed by atoms with E-state index in [0.29, 0.717) is 5.69 Å². The number of rotatable bonds is 4. The second-order valence-corrected chi connectivity index (χ2v) is 5.35. The van der Waals surface area contributed by atoms with Crippen LogP contribution in [-0.4, -0.2) is 33.8 Å². The van der Waals surface area contributed by atoms with E-state index in [2.05, 4.69) is 21.1 Å². The largest absolute Gasteiger partial charge is 0.463 e. The normalized spacial score (nSPS) is 15.1. The predicted octanol–water partition coefficient (Wildman–Crippen LogP) is 2.05. The summed E-state index contributed by atoms with van der Waals surface area (Å²) in [6.07, 6.45) is 3.13. The molecule has 106 valence electrons. The summed E-state index contributed by atoms with van der Waals surface area (Å²) in [5.41, 5.74) is 2.41. The van der Waals surface area contributed by atoms with E-state index in [9.17, 15) is 9.59 Å². The smallest absolute Gasteiger partial charge is 0.330 e. The van der Waals surface area contributed by atoms with E-state index in [4.69, 9.17) is 4.74 Å². The van der Waals surface area contributed by atoms with Gasteiger partial charge in [-0.15, -0.1) is 0 Å². The van der Waals surface area contributed by atoms with Crippen LogP contribution in [0.15, 0.2) is 24.3 Å². The monoisotopic (exact) mass is 338 g/mol. The van der Waals surface area contributed by atoms with Gasteiger partial charge in [-0.3, -0.25) is 4.79 Å². The van der Waals surface area contributed by atoms with E-state index in [1.54, 1.807) is 13.0 Å². The number of hydrogen-bond acceptors (Lipinski definition) is 5. The van der Waals surface area contributed by atoms with Gasteiger partial charge in [-0.05, 0) is 24.6 Å². The number of nitrogens with zero attached hydrogens (tertiary/aromatic N) is 2. The third-order valence-electron chi connectivity index (χ3n) is 2.91. The molecule has 1 aliphatic rings. The number of hydrogen-bond donors (Lipinski definition) is 0. The van der Waals surface area contributed by atoms with E-state index in [1.165, 1.54) is 6.08 Å². The van der Waals surface area contributed by atoms with Gasteiger partial charge in [0.1, 0.15) is 5.69 Å². The quantitative estimate of drug-likeness (QED) is 0.364. The van der Waals surface area contributed by atoms with Crippen molar-refractivity contribution >= 4 is 27.9 Å². The van der Waals surface area contributed by atoms with Gasteiger partial charge in [-0.1, -0.05) is 6.07 Å². The van der Waals surface area contributed by atoms with Gasteiger partial charge >= 0.3 is 5.97 Å². The minimum Gasteiger partial charge on any atom is -0.463 e. The lowest BCUT2D eigenvalue weighted by Crippen LogP contribution is -2.23. The molecule has 0 unspecified atom stereocenters. The molecular formula is C14H15BrN2O3. The van der Waals surface area contributed by atoms with Crippen molar-refractivity contribution in [3.8, 4) is 0 Å². The highest BCUT2D eigenvalue weighted by atomic mass is 79.9. The van der Waals surface area contributed by atoms with Gasteiger partial charge < -0.3 is 4.74 Å². The number of ketones is 1. The molecule has 0 N–H and O–H groups in total. The Morgan fingerprint density at radius 2 is 2.25 bits per heavy atom. The number of ether oxygens (including phenoxy) is 1. The van der Waals surface area contributed by atoms with Gasteiger partial charge in [0.05, 0.1) is 6.61 Å². The van der Waals surface area contributed by atoms with Crippen molar-refractivity contribution in [3.05, 3.63) is 41.2 Å². The number of carbonyl (C=O) groups excluding carboxylic acids is 2. The number of allylic oxidation sites excluding steroid dienone is 1. The molecule has 0 atom stereocenters. The molecule has 0 saturated heterocycles. The van der Waals surface area contributed by atoms with E-state index >= 15 is 0 Å². The summed E-state index contributed by atoms with van der Waals surface area (Å²) in [5.74, 6) is -0.809. The highest BCUT2D eigenvalue weighted by Gasteiger charge is 2.17. The molecule has 0 spiro atoms. The van der Waals surface area contributed by atoms with Crippen LogP contribution in [0, 0.1) is 0 Å². The second kappa shape index (κ2) is 6.76. The number of pyridine rings is 1. The second-order valence-electron chi connectivity index (χ2n) is 4.35. The van der Waals surface area contributed by atoms with Crippen LogP contribution in [0.1, 0.15) is 28.7 Å². The zero-order chi connectivity index (χ0) is 14.5. The number of aromatic nitrogens is 1. The first-order chi connectivity index (χ1) is 9.60. The Bertz CT molecular complexity index is 557. The molecule has 2 rings (SSSR count). The Kier molecular flexibility index (Phi) is 5.03. The Balaban J connectivity index is 2.10. The van der Waals surface area contributed by atoms with Crippen LogP contribution >= 0.6 is 16.1 Å². The lowest BCUT2D eigenvalue weighted by Gasteiger charge is -2.22. The lowest BCUT2D eigenvalue weighted by atomic mass is 10.1. The first-order valence-electron chi connectivity index (χ1n) is 6.39. The number of esters is 1. The predicted molar refractivity (Wildman–Crippen MR) is 77.4 cm³/mol. The first kappa shape index (κ1) is 14.9. The van der Waals surface area contributed by atoms with Crippen molar-refractivity contribution in [3.63, 3.8) is 0 Å². The molecule has 6 heteroatoms. The standard InChI is InChI=1S/C14H15BrN2O3/c1-2-20-14(19)6-5-13(18)12-4-3-10-9-17(15)8-7-11(10)16-12/h3-6H,2,7-9H2,1H3/b6-5+. The molecule has 1 aromatic heterocycles. The van der Waals surface area contributed by atoms with E-state index < -0.39 is 5.97 Å². The molecular weight excluding hydrogens is 324 g/mol. The Morgan fingerprint density at radius 3 is 3.00 bits per heavy atom. The molecule has 0 amide bonds. The zero-order valence-electron chi connectivity index (χ0n) is 11.1. The summed E-state index contributed by atoms with van der Waals surface area (Å²) >= 11 is 3.44. The molecule has 1 aliphatic heterocycles. The van der Waals surface area contributed by atoms with Gasteiger partial charge in [0.2, 0.25) is 5.78 Å². The van der Waals surface area contributed by atoms with Gasteiger partial charge in [0.15, 0.2) is 0 Å². The van der Waals surface area contributed by atoms with Crippen molar-refractivity contribution in [1.29, 1.82) is 0 Å². The first-order valence-corrected chi connectivity index (χ1v) is 7.09. The minimum atomic E-state index is -0.520. The van der Waals surface area contributed by atoms with E-state index in [1.807, 2.05) is 9.99 Å². The maximum Gasteiger partial charge on any atom is 0.330 e. The third kappa shape index (κ3) is 3.74. The van der Waals surface area contributed by atoms with Gasteiger partial charge in [-0.2, -0.15) is 0 Å². The zero-order valence-corrected chi connectivity index (χ0v) is 12.7. The van der Waals surface area contributed by atoms with Gasteiger partial charge in [0, 0.05) is 47.4 Å². The van der Waals surface area contributed by atoms with Crippen molar-refractivity contribution in [2.24, 2.45) is 0 Å². The Morgan fingerprint density at radius 1 is 1.45 bits per heavy atom. The van der Waals surface area contributed by atoms with Crippen molar-refractivity contribution < 1.29 is 14.3 Å². The Labute approximate surface area is 126 Å². The fourth-order valence-corrected chi connectivity index (χ4v) is 2.39. The van der Waals surface area contributed by atoms with Crippen LogP contribution in [0.3, 0.4) is 0 Å². The topological polar surface area (TPSA) is 59.5 Å². The van der Waals surface area contributed by atoms with Crippen LogP contribution in [0.25, 0.3) is 0 Å². The molecule has 0 bridgehead atoms. The average molecular weight is 339 g/mol. The van der Waals surface area contributed by atoms with E-state index in [-0.39, 0.29) is 12.4 Å². The lowest BCUT2D eigenvalue weighted by molar-refractivity contribution is -0.137. The molecule has 0 fully saturated rings. The summed E-state index contributed by atoms with van der Waals surface area (Å²) < 4.78 is 6.75. The van der Waals surface area contributed by atoms with Crippen LogP contribution in [0.5, 0.6) is 0 Å².